The second-order valence-electron chi connectivity index (χ2n) is 5.54. The van der Waals surface area contributed by atoms with Gasteiger partial charge in [0.1, 0.15) is 0 Å². The zero-order chi connectivity index (χ0) is 16.7. The normalized spacial score (nSPS) is 11.9. The number of pyridine rings is 1. The predicted molar refractivity (Wildman–Crippen MR) is 96.8 cm³/mol. The van der Waals surface area contributed by atoms with E-state index in [1.807, 2.05) is 29.8 Å². The molecule has 0 spiro atoms. The first-order chi connectivity index (χ1) is 11.6. The summed E-state index contributed by atoms with van der Waals surface area (Å²) in [6.45, 7) is 1.93. The molecule has 0 N–H and O–H groups in total. The van der Waals surface area contributed by atoms with Gasteiger partial charge in [0.15, 0.2) is 5.65 Å². The van der Waals surface area contributed by atoms with Gasteiger partial charge in [-0.3, -0.25) is 0 Å². The van der Waals surface area contributed by atoms with Crippen LogP contribution in [-0.4, -0.2) is 17.4 Å². The largest absolute Gasteiger partial charge is 0.269 e. The van der Waals surface area contributed by atoms with E-state index in [1.165, 1.54) is 3.97 Å². The highest BCUT2D eigenvalue weighted by Gasteiger charge is 2.20. The second-order valence-corrected chi connectivity index (χ2v) is 8.13. The summed E-state index contributed by atoms with van der Waals surface area (Å²) in [6, 6.07) is 12.6. The first-order valence-electron chi connectivity index (χ1n) is 7.38. The van der Waals surface area contributed by atoms with E-state index in [4.69, 9.17) is 0 Å². The molecule has 3 heterocycles. The summed E-state index contributed by atoms with van der Waals surface area (Å²) >= 11 is 1.61. The number of rotatable bonds is 3. The van der Waals surface area contributed by atoms with Crippen LogP contribution in [0, 0.1) is 6.92 Å². The van der Waals surface area contributed by atoms with Crippen molar-refractivity contribution < 1.29 is 8.42 Å². The van der Waals surface area contributed by atoms with E-state index in [2.05, 4.69) is 4.98 Å². The van der Waals surface area contributed by atoms with Crippen LogP contribution in [0.5, 0.6) is 0 Å². The van der Waals surface area contributed by atoms with Crippen LogP contribution in [0.2, 0.25) is 0 Å². The summed E-state index contributed by atoms with van der Waals surface area (Å²) in [6.07, 6.45) is 3.22. The average Bonchev–Trinajstić information content (AvgIpc) is 3.25. The Morgan fingerprint density at radius 1 is 1.04 bits per heavy atom. The molecule has 0 saturated heterocycles. The fourth-order valence-corrected chi connectivity index (χ4v) is 4.66. The first-order valence-corrected chi connectivity index (χ1v) is 9.76. The molecule has 3 aromatic heterocycles. The number of hydrogen-bond acceptors (Lipinski definition) is 4. The van der Waals surface area contributed by atoms with Gasteiger partial charge >= 0.3 is 0 Å². The van der Waals surface area contributed by atoms with Gasteiger partial charge in [0, 0.05) is 17.8 Å². The molecule has 0 bridgehead atoms. The van der Waals surface area contributed by atoms with Gasteiger partial charge in [-0.05, 0) is 59.1 Å². The maximum absolute atomic E-state index is 12.9. The molecule has 0 atom stereocenters. The quantitative estimate of drug-likeness (QED) is 0.551. The van der Waals surface area contributed by atoms with Crippen molar-refractivity contribution in [3.05, 3.63) is 71.2 Å². The summed E-state index contributed by atoms with van der Waals surface area (Å²) in [7, 11) is -3.67. The van der Waals surface area contributed by atoms with E-state index in [0.717, 1.165) is 22.1 Å². The molecule has 4 rings (SSSR count). The van der Waals surface area contributed by atoms with E-state index in [0.29, 0.717) is 5.65 Å². The van der Waals surface area contributed by atoms with E-state index in [1.54, 1.807) is 54.1 Å². The Morgan fingerprint density at radius 2 is 1.83 bits per heavy atom. The lowest BCUT2D eigenvalue weighted by molar-refractivity contribution is 0.589. The van der Waals surface area contributed by atoms with Gasteiger partial charge in [-0.25, -0.2) is 17.4 Å². The van der Waals surface area contributed by atoms with Gasteiger partial charge in [-0.2, -0.15) is 11.3 Å². The predicted octanol–water partition coefficient (Wildman–Crippen LogP) is 4.31. The third-order valence-corrected chi connectivity index (χ3v) is 6.33. The number of fused-ring (bicyclic) bond motifs is 1. The van der Waals surface area contributed by atoms with Crippen molar-refractivity contribution in [2.24, 2.45) is 0 Å². The Labute approximate surface area is 144 Å². The lowest BCUT2D eigenvalue weighted by Gasteiger charge is -2.08. The molecule has 0 amide bonds. The molecule has 0 aliphatic carbocycles. The number of thiophene rings is 1. The standard InChI is InChI=1S/C18H14N2O2S2/c1-13-2-4-15(5-3-13)24(21,22)20-10-7-17-16(6-9-19-18(17)20)14-8-11-23-12-14/h2-12H,1H3. The maximum atomic E-state index is 12.9. The Morgan fingerprint density at radius 3 is 2.54 bits per heavy atom. The van der Waals surface area contributed by atoms with Crippen molar-refractivity contribution in [3.63, 3.8) is 0 Å². The van der Waals surface area contributed by atoms with E-state index >= 15 is 0 Å². The fourth-order valence-electron chi connectivity index (χ4n) is 2.70. The van der Waals surface area contributed by atoms with Gasteiger partial charge in [0.25, 0.3) is 10.0 Å². The highest BCUT2D eigenvalue weighted by atomic mass is 32.2. The molecule has 6 heteroatoms. The molecule has 0 saturated carbocycles. The van der Waals surface area contributed by atoms with Crippen LogP contribution in [-0.2, 0) is 10.0 Å². The molecule has 0 aliphatic rings. The molecule has 24 heavy (non-hydrogen) atoms. The van der Waals surface area contributed by atoms with Crippen LogP contribution in [0.3, 0.4) is 0 Å². The molecule has 4 nitrogen and oxygen atoms in total. The monoisotopic (exact) mass is 354 g/mol. The van der Waals surface area contributed by atoms with E-state index < -0.39 is 10.0 Å². The van der Waals surface area contributed by atoms with Crippen molar-refractivity contribution in [1.82, 2.24) is 8.96 Å². The molecule has 0 aliphatic heterocycles. The van der Waals surface area contributed by atoms with Crippen molar-refractivity contribution in [3.8, 4) is 11.1 Å². The van der Waals surface area contributed by atoms with Crippen molar-refractivity contribution >= 4 is 32.4 Å². The minimum Gasteiger partial charge on any atom is -0.237 e. The van der Waals surface area contributed by atoms with Crippen molar-refractivity contribution in [1.29, 1.82) is 0 Å². The van der Waals surface area contributed by atoms with E-state index in [9.17, 15) is 8.42 Å². The maximum Gasteiger partial charge on any atom is 0.269 e. The van der Waals surface area contributed by atoms with Crippen LogP contribution in [0.15, 0.2) is 70.5 Å². The summed E-state index contributed by atoms with van der Waals surface area (Å²) in [4.78, 5) is 4.57. The molecule has 1 aromatic carbocycles. The van der Waals surface area contributed by atoms with Gasteiger partial charge < -0.3 is 0 Å². The minimum absolute atomic E-state index is 0.258. The van der Waals surface area contributed by atoms with Gasteiger partial charge in [0.2, 0.25) is 0 Å². The lowest BCUT2D eigenvalue weighted by atomic mass is 10.1. The molecule has 0 radical (unpaired) electrons. The molecular formula is C18H14N2O2S2. The van der Waals surface area contributed by atoms with Crippen LogP contribution in [0.4, 0.5) is 0 Å². The van der Waals surface area contributed by atoms with Crippen molar-refractivity contribution in [2.45, 2.75) is 11.8 Å². The lowest BCUT2D eigenvalue weighted by Crippen LogP contribution is -2.12. The Hall–Kier alpha value is -2.44. The number of nitrogens with zero attached hydrogens (tertiary/aromatic N) is 2. The van der Waals surface area contributed by atoms with Gasteiger partial charge in [-0.15, -0.1) is 0 Å². The van der Waals surface area contributed by atoms with Crippen molar-refractivity contribution in [2.75, 3.05) is 0 Å². The van der Waals surface area contributed by atoms with Crippen LogP contribution in [0.25, 0.3) is 22.2 Å². The Kier molecular flexibility index (Phi) is 3.51. The highest BCUT2D eigenvalue weighted by Crippen LogP contribution is 2.31. The molecule has 120 valence electrons. The van der Waals surface area contributed by atoms with E-state index in [-0.39, 0.29) is 4.90 Å². The second kappa shape index (κ2) is 5.58. The third-order valence-electron chi connectivity index (χ3n) is 3.96. The number of aromatic nitrogens is 2. The third kappa shape index (κ3) is 2.35. The van der Waals surface area contributed by atoms with Crippen LogP contribution >= 0.6 is 11.3 Å². The molecular weight excluding hydrogens is 340 g/mol. The topological polar surface area (TPSA) is 52.0 Å². The summed E-state index contributed by atoms with van der Waals surface area (Å²) in [5.41, 5.74) is 3.51. The summed E-state index contributed by atoms with van der Waals surface area (Å²) in [5.74, 6) is 0. The summed E-state index contributed by atoms with van der Waals surface area (Å²) in [5, 5.41) is 4.87. The minimum atomic E-state index is -3.67. The van der Waals surface area contributed by atoms with Gasteiger partial charge in [-0.1, -0.05) is 17.7 Å². The van der Waals surface area contributed by atoms with Crippen LogP contribution in [0.1, 0.15) is 5.56 Å². The molecule has 0 fully saturated rings. The average molecular weight is 354 g/mol. The number of hydrogen-bond donors (Lipinski definition) is 0. The van der Waals surface area contributed by atoms with Crippen LogP contribution < -0.4 is 0 Å². The Bertz CT molecular complexity index is 1110. The molecule has 4 aromatic rings. The summed E-state index contributed by atoms with van der Waals surface area (Å²) < 4.78 is 27.1. The zero-order valence-electron chi connectivity index (χ0n) is 12.9. The smallest absolute Gasteiger partial charge is 0.237 e. The molecule has 0 unspecified atom stereocenters. The number of aryl methyl sites for hydroxylation is 1. The SMILES string of the molecule is Cc1ccc(S(=O)(=O)n2ccc3c(-c4ccsc4)ccnc32)cc1. The Balaban J connectivity index is 1.92. The fraction of sp³-hybridized carbons (Fsp3) is 0.0556. The number of benzene rings is 1. The highest BCUT2D eigenvalue weighted by molar-refractivity contribution is 7.90. The first kappa shape index (κ1) is 15.1. The van der Waals surface area contributed by atoms with Gasteiger partial charge in [0.05, 0.1) is 4.90 Å². The zero-order valence-corrected chi connectivity index (χ0v) is 14.5.